The zero-order valence-corrected chi connectivity index (χ0v) is 11.1. The van der Waals surface area contributed by atoms with Gasteiger partial charge in [0.2, 0.25) is 8.32 Å². The van der Waals surface area contributed by atoms with Gasteiger partial charge in [-0.25, -0.2) is 0 Å². The van der Waals surface area contributed by atoms with Crippen LogP contribution in [0.2, 0.25) is 13.1 Å². The van der Waals surface area contributed by atoms with Gasteiger partial charge in [0, 0.05) is 6.61 Å². The van der Waals surface area contributed by atoms with Gasteiger partial charge in [0.25, 0.3) is 0 Å². The summed E-state index contributed by atoms with van der Waals surface area (Å²) < 4.78 is 6.06. The zero-order valence-electron chi connectivity index (χ0n) is 10.1. The molecule has 15 heavy (non-hydrogen) atoms. The van der Waals surface area contributed by atoms with E-state index in [0.29, 0.717) is 0 Å². The maximum absolute atomic E-state index is 6.06. The molecule has 0 radical (unpaired) electrons. The van der Waals surface area contributed by atoms with Crippen molar-refractivity contribution in [3.63, 3.8) is 0 Å². The largest absolute Gasteiger partial charge is 0.413 e. The molecular formula is C13H22OSi. The van der Waals surface area contributed by atoms with E-state index >= 15 is 0 Å². The Hall–Kier alpha value is -0.603. The first-order valence-electron chi connectivity index (χ1n) is 5.86. The van der Waals surface area contributed by atoms with E-state index in [1.54, 1.807) is 0 Å². The highest BCUT2D eigenvalue weighted by Gasteiger charge is 2.24. The summed E-state index contributed by atoms with van der Waals surface area (Å²) in [5.41, 5.74) is 0. The molecule has 0 spiro atoms. The Morgan fingerprint density at radius 2 is 1.73 bits per heavy atom. The van der Waals surface area contributed by atoms with Crippen molar-refractivity contribution in [2.45, 2.75) is 39.3 Å². The molecule has 0 aliphatic heterocycles. The fourth-order valence-corrected chi connectivity index (χ4v) is 3.42. The van der Waals surface area contributed by atoms with Crippen molar-refractivity contribution in [3.8, 4) is 0 Å². The third-order valence-electron chi connectivity index (χ3n) is 2.68. The third kappa shape index (κ3) is 4.18. The van der Waals surface area contributed by atoms with E-state index in [2.05, 4.69) is 50.3 Å². The van der Waals surface area contributed by atoms with E-state index in [0.717, 1.165) is 6.61 Å². The van der Waals surface area contributed by atoms with Crippen LogP contribution in [0.3, 0.4) is 0 Å². The van der Waals surface area contributed by atoms with E-state index in [4.69, 9.17) is 4.43 Å². The second-order valence-corrected chi connectivity index (χ2v) is 8.32. The topological polar surface area (TPSA) is 9.23 Å². The van der Waals surface area contributed by atoms with Crippen LogP contribution in [0, 0.1) is 0 Å². The smallest absolute Gasteiger partial charge is 0.218 e. The maximum Gasteiger partial charge on any atom is 0.218 e. The Morgan fingerprint density at radius 1 is 1.07 bits per heavy atom. The summed E-state index contributed by atoms with van der Waals surface area (Å²) in [4.78, 5) is 0. The van der Waals surface area contributed by atoms with Crippen LogP contribution in [-0.2, 0) is 4.43 Å². The molecule has 1 nitrogen and oxygen atoms in total. The predicted molar refractivity (Wildman–Crippen MR) is 69.0 cm³/mol. The lowest BCUT2D eigenvalue weighted by Gasteiger charge is -2.23. The van der Waals surface area contributed by atoms with E-state index in [9.17, 15) is 0 Å². The van der Waals surface area contributed by atoms with Crippen LogP contribution in [0.4, 0.5) is 0 Å². The van der Waals surface area contributed by atoms with Crippen LogP contribution in [0.15, 0.2) is 30.3 Å². The summed E-state index contributed by atoms with van der Waals surface area (Å²) >= 11 is 0. The number of benzene rings is 1. The average Bonchev–Trinajstić information content (AvgIpc) is 2.26. The molecule has 0 aromatic heterocycles. The number of unbranched alkanes of at least 4 members (excludes halogenated alkanes) is 2. The summed E-state index contributed by atoms with van der Waals surface area (Å²) in [6, 6.07) is 10.6. The highest BCUT2D eigenvalue weighted by atomic mass is 28.4. The Bertz CT molecular complexity index is 269. The van der Waals surface area contributed by atoms with Gasteiger partial charge in [-0.1, -0.05) is 50.1 Å². The van der Waals surface area contributed by atoms with Crippen molar-refractivity contribution in [2.24, 2.45) is 0 Å². The molecule has 1 aromatic carbocycles. The quantitative estimate of drug-likeness (QED) is 0.530. The number of hydrogen-bond acceptors (Lipinski definition) is 1. The average molecular weight is 222 g/mol. The van der Waals surface area contributed by atoms with E-state index < -0.39 is 8.32 Å². The Kier molecular flexibility index (Phi) is 5.06. The van der Waals surface area contributed by atoms with Gasteiger partial charge in [-0.15, -0.1) is 0 Å². The number of rotatable bonds is 6. The second-order valence-electron chi connectivity index (χ2n) is 4.43. The maximum atomic E-state index is 6.06. The lowest BCUT2D eigenvalue weighted by atomic mass is 10.3. The molecule has 84 valence electrons. The summed E-state index contributed by atoms with van der Waals surface area (Å²) in [7, 11) is -1.63. The lowest BCUT2D eigenvalue weighted by molar-refractivity contribution is 0.304. The molecule has 0 heterocycles. The van der Waals surface area contributed by atoms with Crippen LogP contribution < -0.4 is 5.19 Å². The number of hydrogen-bond donors (Lipinski definition) is 0. The predicted octanol–water partition coefficient (Wildman–Crippen LogP) is 3.31. The first kappa shape index (κ1) is 12.5. The fraction of sp³-hybridized carbons (Fsp3) is 0.538. The zero-order chi connectivity index (χ0) is 11.1. The molecule has 0 atom stereocenters. The third-order valence-corrected chi connectivity index (χ3v) is 5.33. The van der Waals surface area contributed by atoms with Gasteiger partial charge in [-0.3, -0.25) is 0 Å². The van der Waals surface area contributed by atoms with Gasteiger partial charge < -0.3 is 4.43 Å². The van der Waals surface area contributed by atoms with Crippen molar-refractivity contribution < 1.29 is 4.43 Å². The molecule has 1 rings (SSSR count). The van der Waals surface area contributed by atoms with Crippen LogP contribution in [0.1, 0.15) is 26.2 Å². The minimum absolute atomic E-state index is 0.919. The van der Waals surface area contributed by atoms with Crippen molar-refractivity contribution in [1.29, 1.82) is 0 Å². The Balaban J connectivity index is 2.45. The molecule has 0 unspecified atom stereocenters. The van der Waals surface area contributed by atoms with Gasteiger partial charge in [0.15, 0.2) is 0 Å². The first-order valence-corrected chi connectivity index (χ1v) is 8.77. The Labute approximate surface area is 94.6 Å². The van der Waals surface area contributed by atoms with Gasteiger partial charge in [-0.05, 0) is 24.7 Å². The van der Waals surface area contributed by atoms with E-state index in [1.807, 2.05) is 0 Å². The van der Waals surface area contributed by atoms with Crippen molar-refractivity contribution >= 4 is 13.5 Å². The van der Waals surface area contributed by atoms with Crippen LogP contribution in [0.25, 0.3) is 0 Å². The first-order chi connectivity index (χ1) is 7.17. The molecule has 0 fully saturated rings. The summed E-state index contributed by atoms with van der Waals surface area (Å²) in [6.07, 6.45) is 3.73. The van der Waals surface area contributed by atoms with Gasteiger partial charge >= 0.3 is 0 Å². The van der Waals surface area contributed by atoms with E-state index in [-0.39, 0.29) is 0 Å². The van der Waals surface area contributed by atoms with Crippen LogP contribution in [-0.4, -0.2) is 14.9 Å². The molecule has 0 saturated heterocycles. The standard InChI is InChI=1S/C13H22OSi/c1-4-5-9-12-14-15(2,3)13-10-7-6-8-11-13/h6-8,10-11H,4-5,9,12H2,1-3H3. The van der Waals surface area contributed by atoms with E-state index in [1.165, 1.54) is 24.4 Å². The highest BCUT2D eigenvalue weighted by Crippen LogP contribution is 2.07. The molecule has 1 aromatic rings. The van der Waals surface area contributed by atoms with Crippen LogP contribution >= 0.6 is 0 Å². The molecule has 0 N–H and O–H groups in total. The minimum Gasteiger partial charge on any atom is -0.413 e. The highest BCUT2D eigenvalue weighted by molar-refractivity contribution is 6.84. The van der Waals surface area contributed by atoms with Crippen molar-refractivity contribution in [1.82, 2.24) is 0 Å². The Morgan fingerprint density at radius 3 is 2.33 bits per heavy atom. The minimum atomic E-state index is -1.63. The SMILES string of the molecule is CCCCCO[Si](C)(C)c1ccccc1. The van der Waals surface area contributed by atoms with Crippen LogP contribution in [0.5, 0.6) is 0 Å². The molecule has 2 heteroatoms. The van der Waals surface area contributed by atoms with Crippen molar-refractivity contribution in [3.05, 3.63) is 30.3 Å². The van der Waals surface area contributed by atoms with Gasteiger partial charge in [0.1, 0.15) is 0 Å². The lowest BCUT2D eigenvalue weighted by Crippen LogP contribution is -2.44. The molecule has 0 saturated carbocycles. The monoisotopic (exact) mass is 222 g/mol. The van der Waals surface area contributed by atoms with Crippen molar-refractivity contribution in [2.75, 3.05) is 6.61 Å². The molecule has 0 amide bonds. The molecule has 0 bridgehead atoms. The molecule has 0 aliphatic carbocycles. The summed E-state index contributed by atoms with van der Waals surface area (Å²) in [5.74, 6) is 0. The fourth-order valence-electron chi connectivity index (χ4n) is 1.60. The van der Waals surface area contributed by atoms with Gasteiger partial charge in [0.05, 0.1) is 0 Å². The normalized spacial score (nSPS) is 11.7. The second kappa shape index (κ2) is 6.08. The molecule has 0 aliphatic rings. The van der Waals surface area contributed by atoms with Gasteiger partial charge in [-0.2, -0.15) is 0 Å². The summed E-state index contributed by atoms with van der Waals surface area (Å²) in [6.45, 7) is 7.68. The molecular weight excluding hydrogens is 200 g/mol. The summed E-state index contributed by atoms with van der Waals surface area (Å²) in [5, 5.41) is 1.39.